The largest absolute Gasteiger partial charge is 0.464 e. The van der Waals surface area contributed by atoms with Crippen LogP contribution < -0.4 is 0 Å². The van der Waals surface area contributed by atoms with Gasteiger partial charge in [-0.05, 0) is 59.4 Å². The molecule has 0 radical (unpaired) electrons. The summed E-state index contributed by atoms with van der Waals surface area (Å²) in [5.74, 6) is -7.13. The molecule has 0 atom stereocenters. The molecule has 0 saturated heterocycles. The van der Waals surface area contributed by atoms with E-state index in [1.165, 1.54) is 42.5 Å². The quantitative estimate of drug-likeness (QED) is 0.0887. The molecule has 1 nitrogen and oxygen atoms in total. The second-order valence-corrected chi connectivity index (χ2v) is 8.65. The number of benzene rings is 4. The molecule has 0 aliphatic heterocycles. The highest BCUT2D eigenvalue weighted by Gasteiger charge is 2.16. The first-order valence-corrected chi connectivity index (χ1v) is 11.8. The molecule has 0 aromatic heterocycles. The standard InChI is InChI=1S/C31H21F7O/c1-2-13-39-31(38)29(36)20-8-5-18(6-9-20)3-4-19-7-11-23(25(32)14-19)21-10-12-24(26(33)15-21)22-16-27(34)30(37)28(35)17-22/h2,5-12,14-17H,1,3-4,13H2/b31-29-. The zero-order chi connectivity index (χ0) is 28.1. The molecule has 200 valence electrons. The molecule has 0 bridgehead atoms. The Morgan fingerprint density at radius 1 is 0.641 bits per heavy atom. The van der Waals surface area contributed by atoms with E-state index in [1.807, 2.05) is 0 Å². The number of aryl methyl sites for hydroxylation is 2. The fraction of sp³-hybridized carbons (Fsp3) is 0.0968. The Labute approximate surface area is 220 Å². The third kappa shape index (κ3) is 6.39. The van der Waals surface area contributed by atoms with Gasteiger partial charge < -0.3 is 4.74 Å². The van der Waals surface area contributed by atoms with Crippen molar-refractivity contribution in [1.29, 1.82) is 0 Å². The summed E-state index contributed by atoms with van der Waals surface area (Å²) < 4.78 is 102. The number of ether oxygens (including phenoxy) is 1. The second kappa shape index (κ2) is 12.0. The molecule has 39 heavy (non-hydrogen) atoms. The maximum atomic E-state index is 14.9. The van der Waals surface area contributed by atoms with E-state index in [4.69, 9.17) is 0 Å². The Morgan fingerprint density at radius 2 is 1.18 bits per heavy atom. The van der Waals surface area contributed by atoms with E-state index in [1.54, 1.807) is 18.2 Å². The highest BCUT2D eigenvalue weighted by Crippen LogP contribution is 2.31. The van der Waals surface area contributed by atoms with Gasteiger partial charge in [0.05, 0.1) is 0 Å². The van der Waals surface area contributed by atoms with Crippen LogP contribution in [0.4, 0.5) is 30.7 Å². The molecule has 0 heterocycles. The zero-order valence-electron chi connectivity index (χ0n) is 20.4. The SMILES string of the molecule is C=CCO/C(F)=C(\F)c1ccc(CCc2ccc(-c3ccc(-c4cc(F)c(F)c(F)c4)c(F)c3)c(F)c2)cc1. The summed E-state index contributed by atoms with van der Waals surface area (Å²) in [6.45, 7) is 3.20. The summed E-state index contributed by atoms with van der Waals surface area (Å²) in [6, 6.07) is 14.3. The van der Waals surface area contributed by atoms with Crippen LogP contribution in [0.5, 0.6) is 0 Å². The van der Waals surface area contributed by atoms with Crippen LogP contribution in [0.15, 0.2) is 91.5 Å². The minimum absolute atomic E-state index is 0.0173. The fourth-order valence-electron chi connectivity index (χ4n) is 3.99. The maximum Gasteiger partial charge on any atom is 0.310 e. The summed E-state index contributed by atoms with van der Waals surface area (Å²) in [5.41, 5.74) is 1.46. The van der Waals surface area contributed by atoms with Crippen LogP contribution in [0, 0.1) is 29.1 Å². The molecular formula is C31H21F7O. The number of halogens is 7. The van der Waals surface area contributed by atoms with Gasteiger partial charge in [-0.3, -0.25) is 0 Å². The highest BCUT2D eigenvalue weighted by atomic mass is 19.2. The van der Waals surface area contributed by atoms with Crippen LogP contribution in [0.2, 0.25) is 0 Å². The number of hydrogen-bond acceptors (Lipinski definition) is 1. The molecule has 8 heteroatoms. The predicted molar refractivity (Wildman–Crippen MR) is 136 cm³/mol. The van der Waals surface area contributed by atoms with Gasteiger partial charge in [-0.15, -0.1) is 0 Å². The minimum atomic E-state index is -1.65. The first-order chi connectivity index (χ1) is 18.7. The van der Waals surface area contributed by atoms with Gasteiger partial charge in [0.1, 0.15) is 18.2 Å². The molecule has 0 unspecified atom stereocenters. The van der Waals surface area contributed by atoms with Crippen molar-refractivity contribution in [1.82, 2.24) is 0 Å². The maximum absolute atomic E-state index is 14.9. The van der Waals surface area contributed by atoms with Gasteiger partial charge in [-0.25, -0.2) is 22.0 Å². The van der Waals surface area contributed by atoms with Crippen LogP contribution in [-0.2, 0) is 17.6 Å². The third-order valence-corrected chi connectivity index (χ3v) is 6.02. The van der Waals surface area contributed by atoms with Gasteiger partial charge >= 0.3 is 6.01 Å². The van der Waals surface area contributed by atoms with Crippen LogP contribution in [0.25, 0.3) is 28.1 Å². The summed E-state index contributed by atoms with van der Waals surface area (Å²) in [5, 5.41) is 0. The Bertz CT molecular complexity index is 1520. The smallest absolute Gasteiger partial charge is 0.310 e. The normalized spacial score (nSPS) is 11.8. The molecule has 0 fully saturated rings. The van der Waals surface area contributed by atoms with E-state index >= 15 is 0 Å². The average Bonchev–Trinajstić information content (AvgIpc) is 2.93. The van der Waals surface area contributed by atoms with Crippen molar-refractivity contribution < 1.29 is 35.5 Å². The lowest BCUT2D eigenvalue weighted by Gasteiger charge is -2.10. The second-order valence-electron chi connectivity index (χ2n) is 8.65. The van der Waals surface area contributed by atoms with Crippen LogP contribution in [0.3, 0.4) is 0 Å². The van der Waals surface area contributed by atoms with Crippen molar-refractivity contribution >= 4 is 5.83 Å². The van der Waals surface area contributed by atoms with E-state index in [2.05, 4.69) is 11.3 Å². The molecule has 0 N–H and O–H groups in total. The molecule has 0 aliphatic rings. The summed E-state index contributed by atoms with van der Waals surface area (Å²) >= 11 is 0. The minimum Gasteiger partial charge on any atom is -0.464 e. The Hall–Kier alpha value is -4.33. The summed E-state index contributed by atoms with van der Waals surface area (Å²) in [4.78, 5) is 0. The van der Waals surface area contributed by atoms with Gasteiger partial charge in [-0.2, -0.15) is 8.78 Å². The number of hydrogen-bond donors (Lipinski definition) is 0. The lowest BCUT2D eigenvalue weighted by molar-refractivity contribution is 0.169. The first-order valence-electron chi connectivity index (χ1n) is 11.8. The Balaban J connectivity index is 1.46. The topological polar surface area (TPSA) is 9.23 Å². The van der Waals surface area contributed by atoms with Crippen molar-refractivity contribution in [2.24, 2.45) is 0 Å². The molecule has 0 amide bonds. The summed E-state index contributed by atoms with van der Waals surface area (Å²) in [7, 11) is 0. The lowest BCUT2D eigenvalue weighted by atomic mass is 9.97. The molecule has 4 aromatic carbocycles. The van der Waals surface area contributed by atoms with Crippen molar-refractivity contribution in [3.05, 3.63) is 137 Å². The van der Waals surface area contributed by atoms with Gasteiger partial charge in [0.15, 0.2) is 17.5 Å². The average molecular weight is 542 g/mol. The lowest BCUT2D eigenvalue weighted by Crippen LogP contribution is -1.96. The fourth-order valence-corrected chi connectivity index (χ4v) is 3.99. The van der Waals surface area contributed by atoms with Gasteiger partial charge in [0.2, 0.25) is 5.83 Å². The monoisotopic (exact) mass is 542 g/mol. The van der Waals surface area contributed by atoms with E-state index < -0.39 is 40.9 Å². The van der Waals surface area contributed by atoms with E-state index in [0.717, 1.165) is 11.6 Å². The molecule has 4 rings (SSSR count). The van der Waals surface area contributed by atoms with Gasteiger partial charge in [-0.1, -0.05) is 61.2 Å². The van der Waals surface area contributed by atoms with E-state index in [9.17, 15) is 30.7 Å². The Morgan fingerprint density at radius 3 is 1.79 bits per heavy atom. The molecule has 0 spiro atoms. The zero-order valence-corrected chi connectivity index (χ0v) is 20.4. The van der Waals surface area contributed by atoms with Crippen LogP contribution in [-0.4, -0.2) is 6.61 Å². The third-order valence-electron chi connectivity index (χ3n) is 6.02. The molecule has 4 aromatic rings. The van der Waals surface area contributed by atoms with Crippen molar-refractivity contribution in [3.63, 3.8) is 0 Å². The molecule has 0 aliphatic carbocycles. The first kappa shape index (κ1) is 27.7. The predicted octanol–water partition coefficient (Wildman–Crippen LogP) is 9.27. The summed E-state index contributed by atoms with van der Waals surface area (Å²) in [6.07, 6.45) is 2.23. The molecule has 0 saturated carbocycles. The van der Waals surface area contributed by atoms with Crippen molar-refractivity contribution in [2.45, 2.75) is 12.8 Å². The molecular weight excluding hydrogens is 521 g/mol. The van der Waals surface area contributed by atoms with Crippen molar-refractivity contribution in [3.8, 4) is 22.3 Å². The van der Waals surface area contributed by atoms with Crippen molar-refractivity contribution in [2.75, 3.05) is 6.61 Å². The van der Waals surface area contributed by atoms with Gasteiger partial charge in [0, 0.05) is 16.7 Å². The van der Waals surface area contributed by atoms with Crippen LogP contribution >= 0.6 is 0 Å². The van der Waals surface area contributed by atoms with E-state index in [0.29, 0.717) is 30.5 Å². The van der Waals surface area contributed by atoms with Crippen LogP contribution in [0.1, 0.15) is 16.7 Å². The highest BCUT2D eigenvalue weighted by molar-refractivity contribution is 5.71. The van der Waals surface area contributed by atoms with E-state index in [-0.39, 0.29) is 34.4 Å². The number of rotatable bonds is 9. The van der Waals surface area contributed by atoms with Gasteiger partial charge in [0.25, 0.3) is 0 Å². The Kier molecular flexibility index (Phi) is 8.54.